The largest absolute Gasteiger partial charge is 0.633 e. The van der Waals surface area contributed by atoms with Crippen LogP contribution in [0.5, 0.6) is 11.5 Å². The van der Waals surface area contributed by atoms with E-state index in [0.29, 0.717) is 45.5 Å². The number of hydrogen-bond acceptors (Lipinski definition) is 6. The Labute approximate surface area is 187 Å². The van der Waals surface area contributed by atoms with Gasteiger partial charge in [-0.15, -0.1) is 0 Å². The highest BCUT2D eigenvalue weighted by Gasteiger charge is 2.35. The summed E-state index contributed by atoms with van der Waals surface area (Å²) in [6.45, 7) is 3.64. The van der Waals surface area contributed by atoms with Crippen molar-refractivity contribution in [1.29, 1.82) is 0 Å². The summed E-state index contributed by atoms with van der Waals surface area (Å²) in [5.74, 6) is 1.53. The number of carbonyl (C=O) groups excluding carboxylic acids is 1. The van der Waals surface area contributed by atoms with E-state index in [0.717, 1.165) is 30.9 Å². The number of para-hydroxylation sites is 2. The highest BCUT2D eigenvalue weighted by atomic mass is 32.2. The van der Waals surface area contributed by atoms with Crippen LogP contribution in [0.25, 0.3) is 0 Å². The minimum atomic E-state index is -3.67. The molecule has 1 unspecified atom stereocenters. The lowest BCUT2D eigenvalue weighted by Gasteiger charge is -2.49. The zero-order valence-electron chi connectivity index (χ0n) is 18.0. The van der Waals surface area contributed by atoms with Crippen molar-refractivity contribution in [1.82, 2.24) is 10.2 Å². The molecule has 0 aliphatic carbocycles. The van der Waals surface area contributed by atoms with Gasteiger partial charge in [-0.3, -0.25) is 4.55 Å². The smallest absolute Gasteiger partial charge is 0.317 e. The van der Waals surface area contributed by atoms with Gasteiger partial charge in [0, 0.05) is 38.4 Å². The Morgan fingerprint density at radius 2 is 1.81 bits per heavy atom. The van der Waals surface area contributed by atoms with Crippen molar-refractivity contribution in [3.63, 3.8) is 0 Å². The zero-order chi connectivity index (χ0) is 21.8. The average Bonchev–Trinajstić information content (AvgIpc) is 3.12. The Balaban J connectivity index is 0.000000664. The van der Waals surface area contributed by atoms with Crippen LogP contribution in [-0.2, 0) is 10.1 Å². The molecule has 32 heavy (non-hydrogen) atoms. The van der Waals surface area contributed by atoms with Gasteiger partial charge in [-0.05, 0) is 12.1 Å². The van der Waals surface area contributed by atoms with Crippen molar-refractivity contribution >= 4 is 16.1 Å². The summed E-state index contributed by atoms with van der Waals surface area (Å²) in [6.07, 6.45) is 2.89. The number of piperidine rings is 1. The van der Waals surface area contributed by atoms with Crippen LogP contribution in [-0.4, -0.2) is 97.2 Å². The number of rotatable bonds is 4. The van der Waals surface area contributed by atoms with Crippen LogP contribution in [0.4, 0.5) is 4.79 Å². The molecule has 13 heteroatoms. The van der Waals surface area contributed by atoms with E-state index < -0.39 is 10.1 Å². The molecule has 0 radical (unpaired) electrons. The fourth-order valence-corrected chi connectivity index (χ4v) is 3.98. The predicted octanol–water partition coefficient (Wildman–Crippen LogP) is -0.427. The van der Waals surface area contributed by atoms with E-state index in [2.05, 4.69) is 5.32 Å². The van der Waals surface area contributed by atoms with Crippen LogP contribution in [0.15, 0.2) is 24.3 Å². The van der Waals surface area contributed by atoms with Crippen molar-refractivity contribution in [3.05, 3.63) is 29.5 Å². The molecule has 2 amide bonds. The number of carbonyl (C=O) groups is 1. The molecule has 12 nitrogen and oxygen atoms in total. The molecule has 4 rings (SSSR count). The third kappa shape index (κ3) is 8.07. The summed E-state index contributed by atoms with van der Waals surface area (Å²) in [4.78, 5) is 13.7. The maximum Gasteiger partial charge on any atom is 0.317 e. The molecule has 2 fully saturated rings. The summed E-state index contributed by atoms with van der Waals surface area (Å²) in [5, 5.41) is 15.8. The molecular formula is C19H33N3O9S. The number of urea groups is 1. The molecule has 0 bridgehead atoms. The van der Waals surface area contributed by atoms with Crippen molar-refractivity contribution in [2.24, 2.45) is 0 Å². The molecule has 0 spiro atoms. The average molecular weight is 480 g/mol. The number of quaternary nitrogens is 1. The summed E-state index contributed by atoms with van der Waals surface area (Å²) < 4.78 is 37.4. The Morgan fingerprint density at radius 1 is 1.22 bits per heavy atom. The molecular weight excluding hydrogens is 446 g/mol. The molecule has 6 N–H and O–H groups in total. The monoisotopic (exact) mass is 479 g/mol. The van der Waals surface area contributed by atoms with E-state index in [1.165, 1.54) is 0 Å². The van der Waals surface area contributed by atoms with E-state index in [4.69, 9.17) is 14.0 Å². The number of likely N-dealkylation sites (tertiary alicyclic amines) is 1. The van der Waals surface area contributed by atoms with Crippen molar-refractivity contribution in [2.75, 3.05) is 45.6 Å². The number of amides is 2. The van der Waals surface area contributed by atoms with Gasteiger partial charge in [-0.2, -0.15) is 8.42 Å². The first-order valence-electron chi connectivity index (χ1n) is 10.1. The van der Waals surface area contributed by atoms with Gasteiger partial charge in [-0.1, -0.05) is 12.1 Å². The molecule has 3 aliphatic heterocycles. The van der Waals surface area contributed by atoms with Crippen LogP contribution in [0.1, 0.15) is 19.3 Å². The molecule has 0 aromatic heterocycles. The fraction of sp³-hybridized carbons (Fsp3) is 0.632. The van der Waals surface area contributed by atoms with Crippen LogP contribution in [0, 0.1) is 5.21 Å². The molecule has 1 aromatic rings. The van der Waals surface area contributed by atoms with E-state index in [9.17, 15) is 18.4 Å². The van der Waals surface area contributed by atoms with Crippen LogP contribution < -0.4 is 14.8 Å². The normalized spacial score (nSPS) is 26.6. The molecule has 0 saturated carbocycles. The third-order valence-electron chi connectivity index (χ3n) is 5.50. The van der Waals surface area contributed by atoms with Gasteiger partial charge in [0.1, 0.15) is 12.7 Å². The Bertz CT molecular complexity index is 836. The number of hydrogen-bond donors (Lipinski definition) is 2. The first-order chi connectivity index (χ1) is 14.1. The fourth-order valence-electron chi connectivity index (χ4n) is 3.98. The van der Waals surface area contributed by atoms with Gasteiger partial charge in [0.15, 0.2) is 11.5 Å². The van der Waals surface area contributed by atoms with E-state index in [1.54, 1.807) is 0 Å². The first-order valence-corrected chi connectivity index (χ1v) is 11.9. The standard InChI is InChI=1S/C18H25N3O4.CH4O3S.2H2O/c22-18-19-8-9-20(18)14-5-10-21(23,11-6-14)12-7-15-13-24-16-3-1-2-4-17(16)25-15;1-5(2,3)4;;/h1-4,14-15H,5-13H2,(H,19,22);1H3,(H,2,3,4);2*1H2. The number of nitrogens with one attached hydrogen (secondary N) is 1. The van der Waals surface area contributed by atoms with Gasteiger partial charge >= 0.3 is 6.03 Å². The lowest BCUT2D eigenvalue weighted by Crippen LogP contribution is -2.54. The Kier molecular flexibility index (Phi) is 10.1. The minimum Gasteiger partial charge on any atom is -0.633 e. The lowest BCUT2D eigenvalue weighted by molar-refractivity contribution is -0.886. The van der Waals surface area contributed by atoms with Gasteiger partial charge in [0.05, 0.1) is 25.9 Å². The van der Waals surface area contributed by atoms with Gasteiger partial charge in [0.2, 0.25) is 0 Å². The van der Waals surface area contributed by atoms with Crippen LogP contribution in [0.2, 0.25) is 0 Å². The van der Waals surface area contributed by atoms with Gasteiger partial charge in [0.25, 0.3) is 10.1 Å². The maximum atomic E-state index is 13.0. The van der Waals surface area contributed by atoms with E-state index in [-0.39, 0.29) is 33.8 Å². The third-order valence-corrected chi connectivity index (χ3v) is 5.50. The summed E-state index contributed by atoms with van der Waals surface area (Å²) in [5.41, 5.74) is 0. The second-order valence-electron chi connectivity index (χ2n) is 7.90. The second-order valence-corrected chi connectivity index (χ2v) is 9.37. The Morgan fingerprint density at radius 3 is 2.38 bits per heavy atom. The number of nitrogens with zero attached hydrogens (tertiary/aromatic N) is 2. The topological polar surface area (TPSA) is 191 Å². The molecule has 2 saturated heterocycles. The number of ether oxygens (including phenoxy) is 2. The number of benzene rings is 1. The maximum absolute atomic E-state index is 13.0. The highest BCUT2D eigenvalue weighted by Crippen LogP contribution is 2.32. The number of hydroxylamine groups is 3. The van der Waals surface area contributed by atoms with E-state index in [1.807, 2.05) is 29.2 Å². The van der Waals surface area contributed by atoms with Gasteiger partial charge < -0.3 is 40.5 Å². The van der Waals surface area contributed by atoms with E-state index >= 15 is 0 Å². The Hall–Kier alpha value is -2.16. The SMILES string of the molecule is CS(=O)(=O)O.O.O.O=C1NCCN1C1CC[N+]([O-])(CCC2COc3ccccc3O2)CC1. The van der Waals surface area contributed by atoms with Crippen molar-refractivity contribution in [2.45, 2.75) is 31.4 Å². The molecule has 184 valence electrons. The quantitative estimate of drug-likeness (QED) is 0.332. The molecule has 3 heterocycles. The van der Waals surface area contributed by atoms with Gasteiger partial charge in [-0.25, -0.2) is 4.79 Å². The first kappa shape index (κ1) is 27.9. The lowest BCUT2D eigenvalue weighted by atomic mass is 10.0. The zero-order valence-corrected chi connectivity index (χ0v) is 18.8. The predicted molar refractivity (Wildman–Crippen MR) is 117 cm³/mol. The summed E-state index contributed by atoms with van der Waals surface area (Å²) >= 11 is 0. The van der Waals surface area contributed by atoms with Crippen LogP contribution >= 0.6 is 0 Å². The highest BCUT2D eigenvalue weighted by molar-refractivity contribution is 7.85. The minimum absolute atomic E-state index is 0. The second kappa shape index (κ2) is 11.6. The molecule has 1 aromatic carbocycles. The summed E-state index contributed by atoms with van der Waals surface area (Å²) in [7, 11) is -3.67. The van der Waals surface area contributed by atoms with Crippen molar-refractivity contribution < 1.29 is 42.8 Å². The van der Waals surface area contributed by atoms with Crippen LogP contribution in [0.3, 0.4) is 0 Å². The molecule has 3 aliphatic rings. The summed E-state index contributed by atoms with van der Waals surface area (Å²) in [6, 6.07) is 7.87. The molecule has 1 atom stereocenters. The number of fused-ring (bicyclic) bond motifs is 1. The van der Waals surface area contributed by atoms with Crippen molar-refractivity contribution in [3.8, 4) is 11.5 Å².